The maximum Gasteiger partial charge on any atom is 0.314 e. The van der Waals surface area contributed by atoms with Crippen LogP contribution in [0.5, 0.6) is 0 Å². The van der Waals surface area contributed by atoms with Crippen LogP contribution in [0.4, 0.5) is 8.78 Å². The third-order valence-corrected chi connectivity index (χ3v) is 1.97. The summed E-state index contributed by atoms with van der Waals surface area (Å²) in [6.45, 7) is 0. The van der Waals surface area contributed by atoms with Gasteiger partial charge < -0.3 is 4.98 Å². The average molecular weight is 194 g/mol. The molecule has 2 aromatic rings. The van der Waals surface area contributed by atoms with E-state index in [1.165, 1.54) is 18.5 Å². The Hall–Kier alpha value is -1.71. The lowest BCUT2D eigenvalue weighted by molar-refractivity contribution is 0.0385. The fourth-order valence-corrected chi connectivity index (χ4v) is 1.23. The molecule has 2 rings (SSSR count). The molecule has 1 heterocycles. The highest BCUT2D eigenvalue weighted by molar-refractivity contribution is 5.27. The first-order chi connectivity index (χ1) is 6.71. The Morgan fingerprint density at radius 3 is 2.43 bits per heavy atom. The van der Waals surface area contributed by atoms with Crippen LogP contribution in [0.25, 0.3) is 0 Å². The summed E-state index contributed by atoms with van der Waals surface area (Å²) in [5, 5.41) is 0. The number of imidazole rings is 1. The Kier molecular flexibility index (Phi) is 2.04. The predicted octanol–water partition coefficient (Wildman–Crippen LogP) is 2.55. The van der Waals surface area contributed by atoms with Crippen molar-refractivity contribution in [1.82, 2.24) is 9.97 Å². The Labute approximate surface area is 79.6 Å². The fourth-order valence-electron chi connectivity index (χ4n) is 1.23. The second-order valence-electron chi connectivity index (χ2n) is 2.91. The summed E-state index contributed by atoms with van der Waals surface area (Å²) in [7, 11) is 0. The molecule has 0 spiro atoms. The van der Waals surface area contributed by atoms with E-state index in [0.717, 1.165) is 6.20 Å². The van der Waals surface area contributed by atoms with Crippen molar-refractivity contribution >= 4 is 0 Å². The highest BCUT2D eigenvalue weighted by atomic mass is 19.3. The first-order valence-electron chi connectivity index (χ1n) is 4.13. The van der Waals surface area contributed by atoms with Crippen LogP contribution < -0.4 is 0 Å². The van der Waals surface area contributed by atoms with Crippen LogP contribution in [0.2, 0.25) is 0 Å². The molecule has 0 aliphatic rings. The first kappa shape index (κ1) is 8.87. The van der Waals surface area contributed by atoms with Crippen molar-refractivity contribution in [3.63, 3.8) is 0 Å². The number of benzene rings is 1. The largest absolute Gasteiger partial charge is 0.343 e. The number of aromatic amines is 1. The van der Waals surface area contributed by atoms with Crippen molar-refractivity contribution in [2.45, 2.75) is 5.92 Å². The Balaban J connectivity index is 2.43. The molecule has 0 radical (unpaired) electrons. The molecule has 0 unspecified atom stereocenters. The molecule has 4 heteroatoms. The first-order valence-corrected chi connectivity index (χ1v) is 4.13. The van der Waals surface area contributed by atoms with Gasteiger partial charge in [-0.2, -0.15) is 8.78 Å². The van der Waals surface area contributed by atoms with E-state index in [4.69, 9.17) is 0 Å². The zero-order valence-corrected chi connectivity index (χ0v) is 7.24. The molecule has 1 N–H and O–H groups in total. The van der Waals surface area contributed by atoms with Gasteiger partial charge >= 0.3 is 5.92 Å². The van der Waals surface area contributed by atoms with E-state index >= 15 is 0 Å². The molecule has 1 aromatic heterocycles. The fraction of sp³-hybridized carbons (Fsp3) is 0.100. The molecule has 0 amide bonds. The highest BCUT2D eigenvalue weighted by Crippen LogP contribution is 2.33. The van der Waals surface area contributed by atoms with Gasteiger partial charge in [0.2, 0.25) is 0 Å². The third kappa shape index (κ3) is 1.39. The van der Waals surface area contributed by atoms with E-state index in [1.807, 2.05) is 0 Å². The summed E-state index contributed by atoms with van der Waals surface area (Å²) in [4.78, 5) is 5.99. The molecule has 0 saturated heterocycles. The maximum absolute atomic E-state index is 13.7. The number of hydrogen-bond donors (Lipinski definition) is 1. The zero-order valence-electron chi connectivity index (χ0n) is 7.24. The smallest absolute Gasteiger partial charge is 0.314 e. The van der Waals surface area contributed by atoms with Gasteiger partial charge in [-0.3, -0.25) is 0 Å². The van der Waals surface area contributed by atoms with Gasteiger partial charge in [-0.05, 0) is 0 Å². The van der Waals surface area contributed by atoms with Crippen molar-refractivity contribution in [1.29, 1.82) is 0 Å². The van der Waals surface area contributed by atoms with E-state index in [-0.39, 0.29) is 11.3 Å². The predicted molar refractivity (Wildman–Crippen MR) is 48.0 cm³/mol. The minimum atomic E-state index is -3.00. The number of H-pyrrole nitrogens is 1. The van der Waals surface area contributed by atoms with Crippen molar-refractivity contribution in [3.05, 3.63) is 54.1 Å². The molecular formula is C10H8F2N2. The number of hydrogen-bond acceptors (Lipinski definition) is 1. The molecule has 72 valence electrons. The normalized spacial score (nSPS) is 11.6. The summed E-state index contributed by atoms with van der Waals surface area (Å²) in [6.07, 6.45) is 2.37. The summed E-state index contributed by atoms with van der Waals surface area (Å²) in [5.74, 6) is -3.00. The van der Waals surface area contributed by atoms with Gasteiger partial charge in [0, 0.05) is 5.56 Å². The van der Waals surface area contributed by atoms with Crippen molar-refractivity contribution in [2.75, 3.05) is 0 Å². The van der Waals surface area contributed by atoms with Gasteiger partial charge in [0.1, 0.15) is 5.69 Å². The number of nitrogens with one attached hydrogen (secondary N) is 1. The second kappa shape index (κ2) is 3.21. The van der Waals surface area contributed by atoms with Crippen LogP contribution >= 0.6 is 0 Å². The summed E-state index contributed by atoms with van der Waals surface area (Å²) >= 11 is 0. The van der Waals surface area contributed by atoms with Gasteiger partial charge in [-0.25, -0.2) is 4.98 Å². The van der Waals surface area contributed by atoms with E-state index in [9.17, 15) is 8.78 Å². The van der Waals surface area contributed by atoms with Crippen LogP contribution in [0.1, 0.15) is 11.3 Å². The highest BCUT2D eigenvalue weighted by Gasteiger charge is 2.35. The molecule has 14 heavy (non-hydrogen) atoms. The standard InChI is InChI=1S/C10H8F2N2/c11-10(12,9-6-13-7-14-9)8-4-2-1-3-5-8/h1-7H,(H,13,14). The molecule has 0 bridgehead atoms. The quantitative estimate of drug-likeness (QED) is 0.781. The third-order valence-electron chi connectivity index (χ3n) is 1.97. The van der Waals surface area contributed by atoms with Gasteiger partial charge in [0.15, 0.2) is 0 Å². The maximum atomic E-state index is 13.7. The second-order valence-corrected chi connectivity index (χ2v) is 2.91. The number of aromatic nitrogens is 2. The van der Waals surface area contributed by atoms with Gasteiger partial charge in [0.25, 0.3) is 0 Å². The summed E-state index contributed by atoms with van der Waals surface area (Å²) in [6, 6.07) is 7.65. The van der Waals surface area contributed by atoms with Crippen LogP contribution in [-0.4, -0.2) is 9.97 Å². The van der Waals surface area contributed by atoms with Crippen molar-refractivity contribution in [2.24, 2.45) is 0 Å². The molecule has 1 aromatic carbocycles. The lowest BCUT2D eigenvalue weighted by atomic mass is 10.1. The number of halogens is 2. The van der Waals surface area contributed by atoms with Crippen molar-refractivity contribution in [3.8, 4) is 0 Å². The zero-order chi connectivity index (χ0) is 10.0. The minimum Gasteiger partial charge on any atom is -0.343 e. The summed E-state index contributed by atoms with van der Waals surface area (Å²) in [5.41, 5.74) is -0.229. The monoisotopic (exact) mass is 194 g/mol. The molecule has 0 atom stereocenters. The van der Waals surface area contributed by atoms with Crippen molar-refractivity contribution < 1.29 is 8.78 Å². The minimum absolute atomic E-state index is 0.0377. The molecule has 0 fully saturated rings. The topological polar surface area (TPSA) is 28.7 Å². The Bertz CT molecular complexity index is 395. The lowest BCUT2D eigenvalue weighted by Gasteiger charge is -2.14. The Morgan fingerprint density at radius 2 is 1.86 bits per heavy atom. The number of alkyl halides is 2. The van der Waals surface area contributed by atoms with E-state index in [1.54, 1.807) is 18.2 Å². The molecule has 0 aliphatic heterocycles. The SMILES string of the molecule is FC(F)(c1ccccc1)c1cnc[nH]1. The summed E-state index contributed by atoms with van der Waals surface area (Å²) < 4.78 is 27.3. The molecular weight excluding hydrogens is 186 g/mol. The molecule has 2 nitrogen and oxygen atoms in total. The van der Waals surface area contributed by atoms with E-state index in [0.29, 0.717) is 0 Å². The Morgan fingerprint density at radius 1 is 1.14 bits per heavy atom. The van der Waals surface area contributed by atoms with Crippen LogP contribution in [0.3, 0.4) is 0 Å². The van der Waals surface area contributed by atoms with Gasteiger partial charge in [0.05, 0.1) is 12.5 Å². The number of nitrogens with zero attached hydrogens (tertiary/aromatic N) is 1. The van der Waals surface area contributed by atoms with Gasteiger partial charge in [-0.1, -0.05) is 30.3 Å². The van der Waals surface area contributed by atoms with Crippen LogP contribution in [-0.2, 0) is 5.92 Å². The van der Waals surface area contributed by atoms with Crippen LogP contribution in [0, 0.1) is 0 Å². The lowest BCUT2D eigenvalue weighted by Crippen LogP contribution is -2.15. The molecule has 0 aliphatic carbocycles. The van der Waals surface area contributed by atoms with E-state index in [2.05, 4.69) is 9.97 Å². The van der Waals surface area contributed by atoms with Crippen LogP contribution in [0.15, 0.2) is 42.9 Å². The van der Waals surface area contributed by atoms with Gasteiger partial charge in [-0.15, -0.1) is 0 Å². The van der Waals surface area contributed by atoms with E-state index < -0.39 is 5.92 Å². The average Bonchev–Trinajstić information content (AvgIpc) is 2.72. The molecule has 0 saturated carbocycles. The number of rotatable bonds is 2.